The van der Waals surface area contributed by atoms with E-state index >= 15 is 0 Å². The number of hydrogen-bond acceptors (Lipinski definition) is 5. The van der Waals surface area contributed by atoms with Crippen molar-refractivity contribution in [1.82, 2.24) is 0 Å². The van der Waals surface area contributed by atoms with Gasteiger partial charge in [0.05, 0.1) is 9.82 Å². The van der Waals surface area contributed by atoms with Gasteiger partial charge in [0, 0.05) is 18.9 Å². The minimum Gasteiger partial charge on any atom is -0.379 e. The lowest BCUT2D eigenvalue weighted by molar-refractivity contribution is -0.384. The summed E-state index contributed by atoms with van der Waals surface area (Å²) in [7, 11) is -3.45. The number of benzene rings is 1. The van der Waals surface area contributed by atoms with E-state index < -0.39 is 14.8 Å². The van der Waals surface area contributed by atoms with Crippen LogP contribution in [-0.2, 0) is 9.84 Å². The minimum atomic E-state index is -3.45. The van der Waals surface area contributed by atoms with Crippen molar-refractivity contribution in [3.63, 3.8) is 0 Å². The van der Waals surface area contributed by atoms with Crippen LogP contribution in [0.25, 0.3) is 0 Å². The minimum absolute atomic E-state index is 0.0421. The first-order valence-corrected chi connectivity index (χ1v) is 8.83. The van der Waals surface area contributed by atoms with E-state index in [4.69, 9.17) is 0 Å². The Morgan fingerprint density at radius 3 is 2.48 bits per heavy atom. The number of sulfone groups is 1. The van der Waals surface area contributed by atoms with Gasteiger partial charge in [-0.05, 0) is 24.5 Å². The lowest BCUT2D eigenvalue weighted by Gasteiger charge is -2.09. The molecule has 0 fully saturated rings. The van der Waals surface area contributed by atoms with Crippen LogP contribution in [0.1, 0.15) is 33.1 Å². The molecular formula is C14H22N2O4S. The predicted molar refractivity (Wildman–Crippen MR) is 83.4 cm³/mol. The average molecular weight is 314 g/mol. The van der Waals surface area contributed by atoms with Crippen LogP contribution in [0.3, 0.4) is 0 Å². The highest BCUT2D eigenvalue weighted by Gasteiger charge is 2.18. The summed E-state index contributed by atoms with van der Waals surface area (Å²) in [5, 5.41) is 14.1. The predicted octanol–water partition coefficient (Wildman–Crippen LogP) is 3.24. The Kier molecular flexibility index (Phi) is 6.14. The van der Waals surface area contributed by atoms with Crippen LogP contribution in [0.2, 0.25) is 0 Å². The first kappa shape index (κ1) is 17.4. The second-order valence-corrected chi connectivity index (χ2v) is 7.54. The number of nitro groups is 1. The fourth-order valence-corrected chi connectivity index (χ4v) is 2.58. The number of nitrogens with one attached hydrogen (secondary N) is 1. The molecular weight excluding hydrogens is 292 g/mol. The SMILES string of the molecule is CC(C)CCCCNc1ccc(S(C)(=O)=O)cc1[N+](=O)[O-]. The van der Waals surface area contributed by atoms with Gasteiger partial charge in [0.15, 0.2) is 9.84 Å². The second kappa shape index (κ2) is 7.40. The Balaban J connectivity index is 2.76. The van der Waals surface area contributed by atoms with Crippen molar-refractivity contribution in [3.8, 4) is 0 Å². The Bertz CT molecular complexity index is 597. The summed E-state index contributed by atoms with van der Waals surface area (Å²) >= 11 is 0. The van der Waals surface area contributed by atoms with Crippen molar-refractivity contribution in [2.45, 2.75) is 38.0 Å². The molecule has 0 amide bonds. The second-order valence-electron chi connectivity index (χ2n) is 5.52. The Hall–Kier alpha value is -1.63. The zero-order valence-corrected chi connectivity index (χ0v) is 13.4. The molecule has 6 nitrogen and oxygen atoms in total. The first-order chi connectivity index (χ1) is 9.71. The summed E-state index contributed by atoms with van der Waals surface area (Å²) in [6, 6.07) is 3.95. The molecule has 0 aliphatic heterocycles. The van der Waals surface area contributed by atoms with Crippen molar-refractivity contribution in [2.75, 3.05) is 18.1 Å². The highest BCUT2D eigenvalue weighted by atomic mass is 32.2. The van der Waals surface area contributed by atoms with Crippen molar-refractivity contribution in [1.29, 1.82) is 0 Å². The maximum Gasteiger partial charge on any atom is 0.293 e. The zero-order valence-electron chi connectivity index (χ0n) is 12.6. The van der Waals surface area contributed by atoms with Crippen LogP contribution >= 0.6 is 0 Å². The summed E-state index contributed by atoms with van der Waals surface area (Å²) in [6.07, 6.45) is 4.13. The van der Waals surface area contributed by atoms with Gasteiger partial charge >= 0.3 is 0 Å². The molecule has 1 aromatic rings. The molecule has 0 saturated carbocycles. The summed E-state index contributed by atoms with van der Waals surface area (Å²) in [6.45, 7) is 4.94. The number of nitrogens with zero attached hydrogens (tertiary/aromatic N) is 1. The average Bonchev–Trinajstić information content (AvgIpc) is 2.36. The zero-order chi connectivity index (χ0) is 16.0. The van der Waals surface area contributed by atoms with Gasteiger partial charge in [0.1, 0.15) is 5.69 Å². The first-order valence-electron chi connectivity index (χ1n) is 6.94. The molecule has 0 heterocycles. The van der Waals surface area contributed by atoms with Gasteiger partial charge in [-0.2, -0.15) is 0 Å². The molecule has 118 valence electrons. The van der Waals surface area contributed by atoms with Crippen LogP contribution in [0, 0.1) is 16.0 Å². The third-order valence-corrected chi connectivity index (χ3v) is 4.23. The van der Waals surface area contributed by atoms with Gasteiger partial charge in [0.2, 0.25) is 0 Å². The maximum absolute atomic E-state index is 11.4. The van der Waals surface area contributed by atoms with Crippen LogP contribution in [0.15, 0.2) is 23.1 Å². The topological polar surface area (TPSA) is 89.3 Å². The number of hydrogen-bond donors (Lipinski definition) is 1. The number of anilines is 1. The fourth-order valence-electron chi connectivity index (χ4n) is 1.94. The molecule has 1 aromatic carbocycles. The van der Waals surface area contributed by atoms with E-state index in [1.54, 1.807) is 0 Å². The number of unbranched alkanes of at least 4 members (excludes halogenated alkanes) is 1. The number of nitro benzene ring substituents is 1. The molecule has 0 bridgehead atoms. The summed E-state index contributed by atoms with van der Waals surface area (Å²) < 4.78 is 22.9. The normalized spacial score (nSPS) is 11.6. The van der Waals surface area contributed by atoms with Crippen molar-refractivity contribution >= 4 is 21.2 Å². The summed E-state index contributed by atoms with van der Waals surface area (Å²) in [4.78, 5) is 10.4. The molecule has 0 saturated heterocycles. The molecule has 0 aliphatic carbocycles. The largest absolute Gasteiger partial charge is 0.379 e. The summed E-state index contributed by atoms with van der Waals surface area (Å²) in [5.41, 5.74) is 0.152. The van der Waals surface area contributed by atoms with E-state index in [1.165, 1.54) is 12.1 Å². The molecule has 0 atom stereocenters. The van der Waals surface area contributed by atoms with Gasteiger partial charge in [-0.1, -0.05) is 26.7 Å². The monoisotopic (exact) mass is 314 g/mol. The highest BCUT2D eigenvalue weighted by Crippen LogP contribution is 2.27. The Labute approximate surface area is 125 Å². The molecule has 1 rings (SSSR count). The maximum atomic E-state index is 11.4. The van der Waals surface area contributed by atoms with E-state index in [-0.39, 0.29) is 10.6 Å². The molecule has 7 heteroatoms. The van der Waals surface area contributed by atoms with E-state index in [9.17, 15) is 18.5 Å². The lowest BCUT2D eigenvalue weighted by Crippen LogP contribution is -2.06. The van der Waals surface area contributed by atoms with Crippen molar-refractivity contribution < 1.29 is 13.3 Å². The molecule has 0 unspecified atom stereocenters. The molecule has 0 radical (unpaired) electrons. The third-order valence-electron chi connectivity index (χ3n) is 3.12. The van der Waals surface area contributed by atoms with E-state index in [1.807, 2.05) is 0 Å². The highest BCUT2D eigenvalue weighted by molar-refractivity contribution is 7.90. The van der Waals surface area contributed by atoms with Gasteiger partial charge in [-0.25, -0.2) is 8.42 Å². The van der Waals surface area contributed by atoms with E-state index in [0.717, 1.165) is 31.6 Å². The Morgan fingerprint density at radius 1 is 1.29 bits per heavy atom. The van der Waals surface area contributed by atoms with Crippen LogP contribution < -0.4 is 5.32 Å². The molecule has 0 aliphatic rings. The van der Waals surface area contributed by atoms with Gasteiger partial charge < -0.3 is 5.32 Å². The van der Waals surface area contributed by atoms with Crippen molar-refractivity contribution in [2.24, 2.45) is 5.92 Å². The lowest BCUT2D eigenvalue weighted by atomic mass is 10.1. The molecule has 0 spiro atoms. The van der Waals surface area contributed by atoms with E-state index in [2.05, 4.69) is 19.2 Å². The molecule has 0 aromatic heterocycles. The molecule has 1 N–H and O–H groups in total. The van der Waals surface area contributed by atoms with Crippen LogP contribution in [0.4, 0.5) is 11.4 Å². The van der Waals surface area contributed by atoms with E-state index in [0.29, 0.717) is 18.2 Å². The van der Waals surface area contributed by atoms with Crippen LogP contribution in [0.5, 0.6) is 0 Å². The van der Waals surface area contributed by atoms with Gasteiger partial charge in [0.25, 0.3) is 5.69 Å². The van der Waals surface area contributed by atoms with Gasteiger partial charge in [-0.3, -0.25) is 10.1 Å². The van der Waals surface area contributed by atoms with Gasteiger partial charge in [-0.15, -0.1) is 0 Å². The smallest absolute Gasteiger partial charge is 0.293 e. The molecule has 21 heavy (non-hydrogen) atoms. The van der Waals surface area contributed by atoms with Crippen LogP contribution in [-0.4, -0.2) is 26.1 Å². The number of rotatable bonds is 8. The fraction of sp³-hybridized carbons (Fsp3) is 0.571. The summed E-state index contributed by atoms with van der Waals surface area (Å²) in [5.74, 6) is 0.647. The quantitative estimate of drug-likeness (QED) is 0.452. The standard InChI is InChI=1S/C14H22N2O4S/c1-11(2)6-4-5-9-15-13-8-7-12(21(3,19)20)10-14(13)16(17)18/h7-8,10-11,15H,4-6,9H2,1-3H3. The van der Waals surface area contributed by atoms with Crippen molar-refractivity contribution in [3.05, 3.63) is 28.3 Å². The Morgan fingerprint density at radius 2 is 1.95 bits per heavy atom. The third kappa shape index (κ3) is 5.71.